The molecule has 9 heteroatoms. The summed E-state index contributed by atoms with van der Waals surface area (Å²) in [6.45, 7) is 6.43. The van der Waals surface area contributed by atoms with E-state index in [0.29, 0.717) is 25.6 Å². The number of aliphatic imine (C=N–C) groups is 2. The summed E-state index contributed by atoms with van der Waals surface area (Å²) in [6, 6.07) is 7.98. The number of carbonyl (C=O) groups is 1. The molecule has 0 spiro atoms. The number of nitrogens with two attached hydrogens (primary N) is 1. The Morgan fingerprint density at radius 1 is 1.29 bits per heavy atom. The number of amides is 1. The van der Waals surface area contributed by atoms with Crippen molar-refractivity contribution in [2.75, 3.05) is 12.4 Å². The summed E-state index contributed by atoms with van der Waals surface area (Å²) >= 11 is 0. The van der Waals surface area contributed by atoms with Gasteiger partial charge in [-0.15, -0.1) is 5.10 Å². The predicted octanol–water partition coefficient (Wildman–Crippen LogP) is 2.53. The fourth-order valence-electron chi connectivity index (χ4n) is 2.76. The van der Waals surface area contributed by atoms with Crippen molar-refractivity contribution >= 4 is 24.5 Å². The van der Waals surface area contributed by atoms with Crippen molar-refractivity contribution in [2.45, 2.75) is 20.2 Å². The number of hydrazine groups is 1. The molecule has 9 nitrogen and oxygen atoms in total. The van der Waals surface area contributed by atoms with Crippen LogP contribution in [0.15, 0.2) is 76.5 Å². The van der Waals surface area contributed by atoms with Crippen LogP contribution in [0.1, 0.15) is 11.1 Å². The third kappa shape index (κ3) is 7.09. The van der Waals surface area contributed by atoms with Crippen LogP contribution in [0.4, 0.5) is 5.69 Å². The first kappa shape index (κ1) is 23.3. The van der Waals surface area contributed by atoms with Gasteiger partial charge in [-0.1, -0.05) is 30.4 Å². The molecule has 31 heavy (non-hydrogen) atoms. The molecule has 0 radical (unpaired) electrons. The second kappa shape index (κ2) is 12.6. The number of anilines is 1. The predicted molar refractivity (Wildman–Crippen MR) is 124 cm³/mol. The van der Waals surface area contributed by atoms with Gasteiger partial charge >= 0.3 is 0 Å². The minimum atomic E-state index is 0.400. The molecule has 0 aliphatic heterocycles. The van der Waals surface area contributed by atoms with Gasteiger partial charge in [-0.2, -0.15) is 0 Å². The maximum atomic E-state index is 8.94. The van der Waals surface area contributed by atoms with Crippen molar-refractivity contribution in [3.63, 3.8) is 0 Å². The molecule has 0 fully saturated rings. The third-order valence-electron chi connectivity index (χ3n) is 4.28. The zero-order chi connectivity index (χ0) is 22.5. The van der Waals surface area contributed by atoms with Gasteiger partial charge in [-0.05, 0) is 31.3 Å². The highest BCUT2D eigenvalue weighted by Crippen LogP contribution is 2.21. The van der Waals surface area contributed by atoms with Crippen LogP contribution in [0.3, 0.4) is 0 Å². The van der Waals surface area contributed by atoms with Crippen LogP contribution < -0.4 is 21.3 Å². The Kier molecular flexibility index (Phi) is 9.44. The molecule has 0 bridgehead atoms. The number of hydrogen-bond donors (Lipinski definition) is 3. The monoisotopic (exact) mass is 421 g/mol. The highest BCUT2D eigenvalue weighted by atomic mass is 16.5. The van der Waals surface area contributed by atoms with Crippen molar-refractivity contribution in [3.8, 4) is 5.88 Å². The van der Waals surface area contributed by atoms with Gasteiger partial charge in [-0.3, -0.25) is 20.2 Å². The van der Waals surface area contributed by atoms with E-state index in [2.05, 4.69) is 46.0 Å². The van der Waals surface area contributed by atoms with Gasteiger partial charge in [0.05, 0.1) is 5.71 Å². The molecular formula is C22H27N7O2. The fraction of sp³-hybridized carbons (Fsp3) is 0.182. The average molecular weight is 422 g/mol. The Morgan fingerprint density at radius 2 is 2.06 bits per heavy atom. The molecule has 1 aromatic heterocycles. The number of aromatic nitrogens is 2. The lowest BCUT2D eigenvalue weighted by Gasteiger charge is -2.12. The minimum absolute atomic E-state index is 0.400. The van der Waals surface area contributed by atoms with Crippen LogP contribution in [0, 0.1) is 6.92 Å². The lowest BCUT2D eigenvalue weighted by molar-refractivity contribution is -0.109. The van der Waals surface area contributed by atoms with E-state index in [1.807, 2.05) is 55.7 Å². The van der Waals surface area contributed by atoms with Gasteiger partial charge in [0.2, 0.25) is 12.3 Å². The summed E-state index contributed by atoms with van der Waals surface area (Å²) in [6.07, 6.45) is 11.7. The lowest BCUT2D eigenvalue weighted by atomic mass is 10.1. The van der Waals surface area contributed by atoms with Crippen LogP contribution in [-0.4, -0.2) is 35.7 Å². The standard InChI is InChI=1S/C21H23N5O.CH4N2O/c1-16-7-6-10-20(23-3)18(16)14-27-21-11-12-26(25-21)15-24-19-9-5-4-8-17(19)13-22-2;2-3-1-4/h4-13,23H,2,14-15H2,1,3H3;1H,2H2,(H,3,4)/b17-13-,24-19-;. The number of nitrogens with zero attached hydrogens (tertiary/aromatic N) is 4. The molecule has 4 N–H and O–H groups in total. The first-order valence-corrected chi connectivity index (χ1v) is 9.50. The van der Waals surface area contributed by atoms with Crippen LogP contribution in [0.2, 0.25) is 0 Å². The minimum Gasteiger partial charge on any atom is -0.472 e. The first-order chi connectivity index (χ1) is 15.1. The van der Waals surface area contributed by atoms with E-state index < -0.39 is 0 Å². The number of nitrogens with one attached hydrogen (secondary N) is 2. The summed E-state index contributed by atoms with van der Waals surface area (Å²) in [5.41, 5.74) is 6.89. The van der Waals surface area contributed by atoms with E-state index >= 15 is 0 Å². The Morgan fingerprint density at radius 3 is 2.77 bits per heavy atom. The number of ether oxygens (including phenoxy) is 1. The number of hydrogen-bond acceptors (Lipinski definition) is 7. The molecule has 0 atom stereocenters. The van der Waals surface area contributed by atoms with E-state index in [4.69, 9.17) is 9.53 Å². The smallest absolute Gasteiger partial charge is 0.233 e. The quantitative estimate of drug-likeness (QED) is 0.199. The van der Waals surface area contributed by atoms with Gasteiger partial charge in [-0.25, -0.2) is 10.5 Å². The number of carbonyl (C=O) groups excluding carboxylic acids is 1. The Hall–Kier alpha value is -3.98. The topological polar surface area (TPSA) is 119 Å². The largest absolute Gasteiger partial charge is 0.472 e. The zero-order valence-electron chi connectivity index (χ0n) is 17.7. The summed E-state index contributed by atoms with van der Waals surface area (Å²) < 4.78 is 7.61. The highest BCUT2D eigenvalue weighted by Gasteiger charge is 2.08. The molecule has 0 saturated heterocycles. The Balaban J connectivity index is 0.000000785. The van der Waals surface area contributed by atoms with Crippen LogP contribution in [0.25, 0.3) is 0 Å². The van der Waals surface area contributed by atoms with Crippen LogP contribution >= 0.6 is 0 Å². The maximum Gasteiger partial charge on any atom is 0.233 e. The maximum absolute atomic E-state index is 8.94. The molecule has 3 rings (SSSR count). The van der Waals surface area contributed by atoms with Crippen molar-refractivity contribution in [3.05, 3.63) is 77.7 Å². The Labute approximate surface area is 181 Å². The normalized spacial score (nSPS) is 14.7. The van der Waals surface area contributed by atoms with E-state index in [9.17, 15) is 0 Å². The second-order valence-corrected chi connectivity index (χ2v) is 6.29. The van der Waals surface area contributed by atoms with E-state index in [0.717, 1.165) is 22.5 Å². The summed E-state index contributed by atoms with van der Waals surface area (Å²) in [5, 5.41) is 7.63. The molecule has 0 saturated carbocycles. The number of allylic oxidation sites excluding steroid dienone is 5. The molecule has 1 aliphatic carbocycles. The molecule has 1 heterocycles. The van der Waals surface area contributed by atoms with Gasteiger partial charge in [0.15, 0.2) is 0 Å². The Bertz CT molecular complexity index is 1000. The van der Waals surface area contributed by atoms with Gasteiger partial charge < -0.3 is 10.1 Å². The summed E-state index contributed by atoms with van der Waals surface area (Å²) in [7, 11) is 1.91. The van der Waals surface area contributed by atoms with Crippen molar-refractivity contribution in [1.29, 1.82) is 0 Å². The van der Waals surface area contributed by atoms with Crippen LogP contribution in [-0.2, 0) is 18.1 Å². The molecular weight excluding hydrogens is 394 g/mol. The molecule has 1 aliphatic rings. The second-order valence-electron chi connectivity index (χ2n) is 6.29. The molecule has 1 aromatic carbocycles. The molecule has 2 aromatic rings. The van der Waals surface area contributed by atoms with Crippen LogP contribution in [0.5, 0.6) is 5.88 Å². The van der Waals surface area contributed by atoms with E-state index in [1.165, 1.54) is 5.56 Å². The van der Waals surface area contributed by atoms with E-state index in [1.54, 1.807) is 16.3 Å². The van der Waals surface area contributed by atoms with Crippen molar-refractivity contribution < 1.29 is 9.53 Å². The lowest BCUT2D eigenvalue weighted by Crippen LogP contribution is -2.18. The van der Waals surface area contributed by atoms with Gasteiger partial charge in [0.25, 0.3) is 0 Å². The third-order valence-corrected chi connectivity index (χ3v) is 4.28. The fourth-order valence-corrected chi connectivity index (χ4v) is 2.76. The zero-order valence-corrected chi connectivity index (χ0v) is 17.7. The number of rotatable bonds is 8. The highest BCUT2D eigenvalue weighted by molar-refractivity contribution is 6.11. The summed E-state index contributed by atoms with van der Waals surface area (Å²) in [5.74, 6) is 4.98. The van der Waals surface area contributed by atoms with Gasteiger partial charge in [0, 0.05) is 42.3 Å². The number of benzene rings is 1. The van der Waals surface area contributed by atoms with Crippen molar-refractivity contribution in [1.82, 2.24) is 15.2 Å². The molecule has 0 unspecified atom stereocenters. The van der Waals surface area contributed by atoms with Crippen molar-refractivity contribution in [2.24, 2.45) is 15.8 Å². The SMILES string of the molecule is C=N/C=C1/C=CC=C/C1=N/Cn1ccc(OCc2c(C)cccc2NC)n1.NNC=O. The average Bonchev–Trinajstić information content (AvgIpc) is 3.25. The summed E-state index contributed by atoms with van der Waals surface area (Å²) in [4.78, 5) is 17.3. The molecule has 162 valence electrons. The number of aryl methyl sites for hydroxylation is 1. The molecule has 1 amide bonds. The van der Waals surface area contributed by atoms with Gasteiger partial charge in [0.1, 0.15) is 13.3 Å². The van der Waals surface area contributed by atoms with E-state index in [-0.39, 0.29) is 0 Å². The first-order valence-electron chi connectivity index (χ1n) is 9.50.